The lowest BCUT2D eigenvalue weighted by Crippen LogP contribution is -2.36. The first kappa shape index (κ1) is 16.1. The highest BCUT2D eigenvalue weighted by Crippen LogP contribution is 2.55. The van der Waals surface area contributed by atoms with Gasteiger partial charge in [0.25, 0.3) is 0 Å². The van der Waals surface area contributed by atoms with E-state index in [4.69, 9.17) is 0 Å². The Morgan fingerprint density at radius 2 is 2.12 bits per heavy atom. The highest BCUT2D eigenvalue weighted by molar-refractivity contribution is 5.81. The van der Waals surface area contributed by atoms with E-state index in [0.29, 0.717) is 17.9 Å². The largest absolute Gasteiger partial charge is 0.342 e. The molecule has 0 unspecified atom stereocenters. The fraction of sp³-hybridized carbons (Fsp3) is 0.700. The van der Waals surface area contributed by atoms with Gasteiger partial charge in [0, 0.05) is 37.8 Å². The van der Waals surface area contributed by atoms with E-state index >= 15 is 0 Å². The number of pyridine rings is 1. The first-order chi connectivity index (χ1) is 11.7. The molecule has 2 heterocycles. The Hall–Kier alpha value is -1.42. The van der Waals surface area contributed by atoms with Crippen molar-refractivity contribution in [1.29, 1.82) is 0 Å². The number of hydrogen-bond donors (Lipinski definition) is 0. The summed E-state index contributed by atoms with van der Waals surface area (Å²) in [4.78, 5) is 21.7. The summed E-state index contributed by atoms with van der Waals surface area (Å²) in [6.45, 7) is 2.79. The van der Waals surface area contributed by atoms with E-state index in [9.17, 15) is 4.79 Å². The fourth-order valence-electron chi connectivity index (χ4n) is 4.39. The van der Waals surface area contributed by atoms with E-state index < -0.39 is 0 Å². The smallest absolute Gasteiger partial charge is 0.225 e. The van der Waals surface area contributed by atoms with Gasteiger partial charge < -0.3 is 4.90 Å². The molecule has 2 saturated carbocycles. The average molecular weight is 327 g/mol. The second-order valence-electron chi connectivity index (χ2n) is 7.99. The van der Waals surface area contributed by atoms with Gasteiger partial charge in [-0.2, -0.15) is 0 Å². The van der Waals surface area contributed by atoms with Gasteiger partial charge in [0.1, 0.15) is 0 Å². The number of carbonyl (C=O) groups excluding carboxylic acids is 1. The SMILES string of the molecule is CN(Cc1ccccn1)[C@@H]1CCCN(C(=O)[C@H]2C[C@@H]2C2CC2)CC1. The summed E-state index contributed by atoms with van der Waals surface area (Å²) in [5.74, 6) is 2.46. The van der Waals surface area contributed by atoms with Crippen molar-refractivity contribution in [1.82, 2.24) is 14.8 Å². The van der Waals surface area contributed by atoms with Crippen molar-refractivity contribution in [3.8, 4) is 0 Å². The first-order valence-electron chi connectivity index (χ1n) is 9.61. The third-order valence-electron chi connectivity index (χ3n) is 6.15. The molecule has 1 saturated heterocycles. The highest BCUT2D eigenvalue weighted by atomic mass is 16.2. The van der Waals surface area contributed by atoms with Crippen molar-refractivity contribution in [3.63, 3.8) is 0 Å². The zero-order valence-corrected chi connectivity index (χ0v) is 14.7. The maximum Gasteiger partial charge on any atom is 0.225 e. The Bertz CT molecular complexity index is 572. The van der Waals surface area contributed by atoms with E-state index in [2.05, 4.69) is 34.0 Å². The van der Waals surface area contributed by atoms with E-state index in [0.717, 1.165) is 50.0 Å². The van der Waals surface area contributed by atoms with Gasteiger partial charge in [0.15, 0.2) is 0 Å². The van der Waals surface area contributed by atoms with Crippen molar-refractivity contribution >= 4 is 5.91 Å². The van der Waals surface area contributed by atoms with Crippen LogP contribution in [0.3, 0.4) is 0 Å². The van der Waals surface area contributed by atoms with Crippen molar-refractivity contribution in [3.05, 3.63) is 30.1 Å². The molecule has 3 aliphatic rings. The molecule has 130 valence electrons. The van der Waals surface area contributed by atoms with Crippen LogP contribution < -0.4 is 0 Å². The third kappa shape index (κ3) is 3.64. The molecule has 0 aromatic carbocycles. The van der Waals surface area contributed by atoms with Crippen LogP contribution in [0.15, 0.2) is 24.4 Å². The molecule has 0 N–H and O–H groups in total. The number of nitrogens with zero attached hydrogens (tertiary/aromatic N) is 3. The molecule has 1 aromatic rings. The van der Waals surface area contributed by atoms with Crippen LogP contribution in [0.2, 0.25) is 0 Å². The standard InChI is InChI=1S/C20H29N3O/c1-22(14-16-5-2-3-10-21-16)17-6-4-11-23(12-9-17)20(24)19-13-18(19)15-7-8-15/h2-3,5,10,15,17-19H,4,6-9,11-14H2,1H3/t17-,18-,19+/m1/s1. The summed E-state index contributed by atoms with van der Waals surface area (Å²) in [5, 5.41) is 0. The topological polar surface area (TPSA) is 36.4 Å². The second-order valence-corrected chi connectivity index (χ2v) is 7.99. The van der Waals surface area contributed by atoms with Gasteiger partial charge in [-0.25, -0.2) is 0 Å². The number of aromatic nitrogens is 1. The normalized spacial score (nSPS) is 30.2. The van der Waals surface area contributed by atoms with E-state index in [1.807, 2.05) is 12.3 Å². The minimum atomic E-state index is 0.375. The van der Waals surface area contributed by atoms with E-state index in [1.165, 1.54) is 25.7 Å². The number of rotatable bonds is 5. The van der Waals surface area contributed by atoms with Crippen LogP contribution in [0.1, 0.15) is 44.2 Å². The first-order valence-corrected chi connectivity index (χ1v) is 9.61. The lowest BCUT2D eigenvalue weighted by Gasteiger charge is -2.27. The number of carbonyl (C=O) groups is 1. The zero-order valence-electron chi connectivity index (χ0n) is 14.7. The second kappa shape index (κ2) is 6.83. The van der Waals surface area contributed by atoms with Gasteiger partial charge in [-0.05, 0) is 69.5 Å². The third-order valence-corrected chi connectivity index (χ3v) is 6.15. The molecule has 4 nitrogen and oxygen atoms in total. The summed E-state index contributed by atoms with van der Waals surface area (Å²) in [7, 11) is 2.20. The highest BCUT2D eigenvalue weighted by Gasteiger charge is 2.52. The van der Waals surface area contributed by atoms with Crippen LogP contribution in [0, 0.1) is 17.8 Å². The van der Waals surface area contributed by atoms with Crippen LogP contribution >= 0.6 is 0 Å². The summed E-state index contributed by atoms with van der Waals surface area (Å²) in [6.07, 6.45) is 9.18. The zero-order chi connectivity index (χ0) is 16.5. The lowest BCUT2D eigenvalue weighted by molar-refractivity contribution is -0.133. The Kier molecular flexibility index (Phi) is 4.57. The lowest BCUT2D eigenvalue weighted by atomic mass is 10.1. The van der Waals surface area contributed by atoms with Crippen LogP contribution in [0.4, 0.5) is 0 Å². The van der Waals surface area contributed by atoms with Crippen LogP contribution in [0.25, 0.3) is 0 Å². The van der Waals surface area contributed by atoms with E-state index in [1.54, 1.807) is 0 Å². The molecule has 0 radical (unpaired) electrons. The predicted molar refractivity (Wildman–Crippen MR) is 94.2 cm³/mol. The Morgan fingerprint density at radius 1 is 1.25 bits per heavy atom. The van der Waals surface area contributed by atoms with Gasteiger partial charge in [0.05, 0.1) is 5.69 Å². The molecule has 1 amide bonds. The van der Waals surface area contributed by atoms with E-state index in [-0.39, 0.29) is 0 Å². The maximum absolute atomic E-state index is 12.7. The number of amides is 1. The Morgan fingerprint density at radius 3 is 2.88 bits per heavy atom. The molecule has 4 rings (SSSR count). The molecule has 0 spiro atoms. The van der Waals surface area contributed by atoms with Crippen LogP contribution in [0.5, 0.6) is 0 Å². The molecule has 3 atom stereocenters. The molecular weight excluding hydrogens is 298 g/mol. The Labute approximate surface area is 145 Å². The van der Waals surface area contributed by atoms with Crippen molar-refractivity contribution in [2.24, 2.45) is 17.8 Å². The summed E-state index contributed by atoms with van der Waals surface area (Å²) in [6, 6.07) is 6.66. The minimum absolute atomic E-state index is 0.375. The molecule has 24 heavy (non-hydrogen) atoms. The summed E-state index contributed by atoms with van der Waals surface area (Å²) in [5.41, 5.74) is 1.13. The molecule has 0 bridgehead atoms. The van der Waals surface area contributed by atoms with Gasteiger partial charge in [0.2, 0.25) is 5.91 Å². The van der Waals surface area contributed by atoms with Gasteiger partial charge in [-0.1, -0.05) is 6.07 Å². The quantitative estimate of drug-likeness (QED) is 0.834. The molecule has 1 aromatic heterocycles. The van der Waals surface area contributed by atoms with Gasteiger partial charge in [-0.15, -0.1) is 0 Å². The molecule has 4 heteroatoms. The average Bonchev–Trinajstić information content (AvgIpc) is 3.48. The van der Waals surface area contributed by atoms with Gasteiger partial charge in [-0.3, -0.25) is 14.7 Å². The fourth-order valence-corrected chi connectivity index (χ4v) is 4.39. The van der Waals surface area contributed by atoms with Crippen LogP contribution in [-0.2, 0) is 11.3 Å². The predicted octanol–water partition coefficient (Wildman–Crippen LogP) is 2.94. The van der Waals surface area contributed by atoms with Crippen molar-refractivity contribution in [2.45, 2.75) is 51.1 Å². The van der Waals surface area contributed by atoms with Crippen molar-refractivity contribution < 1.29 is 4.79 Å². The summed E-state index contributed by atoms with van der Waals surface area (Å²) >= 11 is 0. The van der Waals surface area contributed by atoms with Crippen molar-refractivity contribution in [2.75, 3.05) is 20.1 Å². The summed E-state index contributed by atoms with van der Waals surface area (Å²) < 4.78 is 0. The molecule has 2 aliphatic carbocycles. The molecular formula is C20H29N3O. The number of hydrogen-bond acceptors (Lipinski definition) is 3. The van der Waals surface area contributed by atoms with Crippen LogP contribution in [-0.4, -0.2) is 46.9 Å². The van der Waals surface area contributed by atoms with Gasteiger partial charge >= 0.3 is 0 Å². The maximum atomic E-state index is 12.7. The minimum Gasteiger partial charge on any atom is -0.342 e. The monoisotopic (exact) mass is 327 g/mol. The Balaban J connectivity index is 1.28. The molecule has 1 aliphatic heterocycles. The molecule has 3 fully saturated rings. The number of likely N-dealkylation sites (tertiary alicyclic amines) is 1.